The van der Waals surface area contributed by atoms with Crippen LogP contribution < -0.4 is 16.2 Å². The minimum Gasteiger partial charge on any atom is -0.494 e. The van der Waals surface area contributed by atoms with E-state index in [0.29, 0.717) is 18.0 Å². The Morgan fingerprint density at radius 2 is 1.94 bits per heavy atom. The zero-order valence-corrected chi connectivity index (χ0v) is 9.45. The molecule has 0 aliphatic heterocycles. The van der Waals surface area contributed by atoms with Gasteiger partial charge in [0, 0.05) is 6.07 Å². The van der Waals surface area contributed by atoms with Crippen LogP contribution in [-0.4, -0.2) is 19.2 Å². The highest BCUT2D eigenvalue weighted by Gasteiger charge is 2.14. The highest BCUT2D eigenvalue weighted by molar-refractivity contribution is 5.98. The molecular weight excluding hydrogens is 208 g/mol. The summed E-state index contributed by atoms with van der Waals surface area (Å²) in [4.78, 5) is 11.6. The number of benzene rings is 1. The maximum absolute atomic E-state index is 11.6. The SMILES string of the molecule is CCOC(=O)c1cc(OCC)cc(N)c1N. The third kappa shape index (κ3) is 2.56. The molecule has 1 aromatic carbocycles. The molecule has 5 nitrogen and oxygen atoms in total. The summed E-state index contributed by atoms with van der Waals surface area (Å²) in [6, 6.07) is 3.12. The Morgan fingerprint density at radius 1 is 1.25 bits per heavy atom. The van der Waals surface area contributed by atoms with E-state index in [9.17, 15) is 4.79 Å². The van der Waals surface area contributed by atoms with E-state index in [1.54, 1.807) is 13.0 Å². The van der Waals surface area contributed by atoms with Gasteiger partial charge in [0.2, 0.25) is 0 Å². The number of anilines is 2. The maximum Gasteiger partial charge on any atom is 0.340 e. The van der Waals surface area contributed by atoms with Gasteiger partial charge < -0.3 is 20.9 Å². The molecule has 0 saturated carbocycles. The minimum absolute atomic E-state index is 0.224. The van der Waals surface area contributed by atoms with Crippen LogP contribution in [0.2, 0.25) is 0 Å². The molecule has 16 heavy (non-hydrogen) atoms. The van der Waals surface area contributed by atoms with Crippen molar-refractivity contribution in [3.05, 3.63) is 17.7 Å². The summed E-state index contributed by atoms with van der Waals surface area (Å²) in [5.41, 5.74) is 12.1. The molecule has 0 atom stereocenters. The van der Waals surface area contributed by atoms with Crippen molar-refractivity contribution < 1.29 is 14.3 Å². The predicted molar refractivity (Wildman–Crippen MR) is 62.4 cm³/mol. The van der Waals surface area contributed by atoms with E-state index in [0.717, 1.165) is 0 Å². The van der Waals surface area contributed by atoms with E-state index in [1.807, 2.05) is 6.92 Å². The van der Waals surface area contributed by atoms with E-state index in [-0.39, 0.29) is 17.9 Å². The van der Waals surface area contributed by atoms with Crippen LogP contribution in [0.4, 0.5) is 11.4 Å². The van der Waals surface area contributed by atoms with E-state index < -0.39 is 5.97 Å². The Bertz CT molecular complexity index is 391. The fraction of sp³-hybridized carbons (Fsp3) is 0.364. The number of nitrogen functional groups attached to an aromatic ring is 2. The summed E-state index contributed by atoms with van der Waals surface area (Å²) in [5.74, 6) is 0.0190. The number of rotatable bonds is 4. The summed E-state index contributed by atoms with van der Waals surface area (Å²) in [6.07, 6.45) is 0. The second-order valence-corrected chi connectivity index (χ2v) is 3.13. The fourth-order valence-corrected chi connectivity index (χ4v) is 1.28. The fourth-order valence-electron chi connectivity index (χ4n) is 1.28. The van der Waals surface area contributed by atoms with Crippen molar-refractivity contribution >= 4 is 17.3 Å². The molecule has 88 valence electrons. The lowest BCUT2D eigenvalue weighted by molar-refractivity contribution is 0.0527. The lowest BCUT2D eigenvalue weighted by atomic mass is 10.1. The van der Waals surface area contributed by atoms with Crippen LogP contribution in [0.15, 0.2) is 12.1 Å². The Balaban J connectivity index is 3.10. The number of hydrogen-bond acceptors (Lipinski definition) is 5. The van der Waals surface area contributed by atoms with Gasteiger partial charge in [0.05, 0.1) is 30.2 Å². The van der Waals surface area contributed by atoms with Gasteiger partial charge in [-0.1, -0.05) is 0 Å². The molecule has 0 bridgehead atoms. The highest BCUT2D eigenvalue weighted by atomic mass is 16.5. The minimum atomic E-state index is -0.492. The van der Waals surface area contributed by atoms with Crippen molar-refractivity contribution in [2.24, 2.45) is 0 Å². The van der Waals surface area contributed by atoms with Gasteiger partial charge in [-0.05, 0) is 19.9 Å². The lowest BCUT2D eigenvalue weighted by Crippen LogP contribution is -2.10. The Morgan fingerprint density at radius 3 is 2.50 bits per heavy atom. The Labute approximate surface area is 94.3 Å². The molecule has 4 N–H and O–H groups in total. The molecule has 1 rings (SSSR count). The van der Waals surface area contributed by atoms with Crippen molar-refractivity contribution in [1.29, 1.82) is 0 Å². The zero-order valence-electron chi connectivity index (χ0n) is 9.45. The smallest absolute Gasteiger partial charge is 0.340 e. The molecule has 0 aromatic heterocycles. The summed E-state index contributed by atoms with van der Waals surface area (Å²) >= 11 is 0. The molecule has 0 aliphatic carbocycles. The molecule has 0 amide bonds. The summed E-state index contributed by atoms with van der Waals surface area (Å²) < 4.78 is 10.1. The Kier molecular flexibility index (Phi) is 3.99. The number of carbonyl (C=O) groups is 1. The number of nitrogens with two attached hydrogens (primary N) is 2. The van der Waals surface area contributed by atoms with Crippen molar-refractivity contribution in [1.82, 2.24) is 0 Å². The molecule has 0 saturated heterocycles. The normalized spacial score (nSPS) is 9.88. The van der Waals surface area contributed by atoms with Crippen LogP contribution in [0.3, 0.4) is 0 Å². The van der Waals surface area contributed by atoms with Crippen molar-refractivity contribution in [2.75, 3.05) is 24.7 Å². The van der Waals surface area contributed by atoms with E-state index >= 15 is 0 Å². The molecule has 0 radical (unpaired) electrons. The molecule has 0 fully saturated rings. The topological polar surface area (TPSA) is 87.6 Å². The number of hydrogen-bond donors (Lipinski definition) is 2. The quantitative estimate of drug-likeness (QED) is 0.596. The molecule has 0 aliphatic rings. The van der Waals surface area contributed by atoms with Gasteiger partial charge >= 0.3 is 5.97 Å². The third-order valence-corrected chi connectivity index (χ3v) is 1.99. The molecule has 5 heteroatoms. The van der Waals surface area contributed by atoms with Crippen LogP contribution in [0, 0.1) is 0 Å². The van der Waals surface area contributed by atoms with Gasteiger partial charge in [-0.15, -0.1) is 0 Å². The van der Waals surface area contributed by atoms with Crippen molar-refractivity contribution in [3.8, 4) is 5.75 Å². The van der Waals surface area contributed by atoms with E-state index in [2.05, 4.69) is 0 Å². The predicted octanol–water partition coefficient (Wildman–Crippen LogP) is 1.43. The number of esters is 1. The van der Waals surface area contributed by atoms with Crippen molar-refractivity contribution in [2.45, 2.75) is 13.8 Å². The second kappa shape index (κ2) is 5.25. The summed E-state index contributed by atoms with van der Waals surface area (Å²) in [7, 11) is 0. The van der Waals surface area contributed by atoms with Gasteiger partial charge in [0.25, 0.3) is 0 Å². The van der Waals surface area contributed by atoms with Gasteiger partial charge in [-0.2, -0.15) is 0 Å². The first-order valence-electron chi connectivity index (χ1n) is 5.09. The third-order valence-electron chi connectivity index (χ3n) is 1.99. The highest BCUT2D eigenvalue weighted by Crippen LogP contribution is 2.27. The average molecular weight is 224 g/mol. The van der Waals surface area contributed by atoms with Crippen LogP contribution in [0.1, 0.15) is 24.2 Å². The monoisotopic (exact) mass is 224 g/mol. The first-order chi connectivity index (χ1) is 7.60. The molecule has 0 unspecified atom stereocenters. The zero-order chi connectivity index (χ0) is 12.1. The van der Waals surface area contributed by atoms with E-state index in [4.69, 9.17) is 20.9 Å². The van der Waals surface area contributed by atoms with Crippen LogP contribution in [0.25, 0.3) is 0 Å². The van der Waals surface area contributed by atoms with E-state index in [1.165, 1.54) is 6.07 Å². The lowest BCUT2D eigenvalue weighted by Gasteiger charge is -2.11. The Hall–Kier alpha value is -1.91. The molecule has 0 spiro atoms. The van der Waals surface area contributed by atoms with Crippen LogP contribution in [-0.2, 0) is 4.74 Å². The standard InChI is InChI=1S/C11H16N2O3/c1-3-15-7-5-8(11(14)16-4-2)10(13)9(12)6-7/h5-6H,3-4,12-13H2,1-2H3. The van der Waals surface area contributed by atoms with Crippen LogP contribution in [0.5, 0.6) is 5.75 Å². The summed E-state index contributed by atoms with van der Waals surface area (Å²) in [5, 5.41) is 0. The van der Waals surface area contributed by atoms with Crippen molar-refractivity contribution in [3.63, 3.8) is 0 Å². The molecule has 1 aromatic rings. The second-order valence-electron chi connectivity index (χ2n) is 3.13. The maximum atomic E-state index is 11.6. The molecular formula is C11H16N2O3. The van der Waals surface area contributed by atoms with Gasteiger partial charge in [0.1, 0.15) is 5.75 Å². The van der Waals surface area contributed by atoms with Gasteiger partial charge in [0.15, 0.2) is 0 Å². The van der Waals surface area contributed by atoms with Crippen LogP contribution >= 0.6 is 0 Å². The first-order valence-corrected chi connectivity index (χ1v) is 5.09. The summed E-state index contributed by atoms with van der Waals surface area (Å²) in [6.45, 7) is 4.35. The average Bonchev–Trinajstić information content (AvgIpc) is 2.23. The van der Waals surface area contributed by atoms with Gasteiger partial charge in [-0.25, -0.2) is 4.79 Å². The number of carbonyl (C=O) groups excluding carboxylic acids is 1. The largest absolute Gasteiger partial charge is 0.494 e. The first kappa shape index (κ1) is 12.2. The van der Waals surface area contributed by atoms with Gasteiger partial charge in [-0.3, -0.25) is 0 Å². The molecule has 0 heterocycles. The number of ether oxygens (including phenoxy) is 2.